The maximum Gasteiger partial charge on any atom is 0.264 e. The smallest absolute Gasteiger partial charge is 0.264 e. The van der Waals surface area contributed by atoms with Crippen LogP contribution in [0.2, 0.25) is 0 Å². The van der Waals surface area contributed by atoms with E-state index in [1.165, 1.54) is 11.8 Å². The summed E-state index contributed by atoms with van der Waals surface area (Å²) in [5, 5.41) is 11.8. The minimum atomic E-state index is -0.185. The zero-order chi connectivity index (χ0) is 24.0. The van der Waals surface area contributed by atoms with E-state index in [1.807, 2.05) is 85.1 Å². The van der Waals surface area contributed by atoms with E-state index in [4.69, 9.17) is 4.74 Å². The van der Waals surface area contributed by atoms with E-state index in [0.717, 1.165) is 21.3 Å². The Balaban J connectivity index is 1.26. The van der Waals surface area contributed by atoms with E-state index in [-0.39, 0.29) is 12.5 Å². The van der Waals surface area contributed by atoms with Crippen LogP contribution in [0.4, 0.5) is 5.69 Å². The van der Waals surface area contributed by atoms with Crippen molar-refractivity contribution >= 4 is 50.5 Å². The van der Waals surface area contributed by atoms with Crippen LogP contribution in [0.1, 0.15) is 16.8 Å². The topological polar surface area (TPSA) is 81.4 Å². The summed E-state index contributed by atoms with van der Waals surface area (Å²) in [6, 6.07) is 25.2. The lowest BCUT2D eigenvalue weighted by Gasteiger charge is -2.08. The summed E-state index contributed by atoms with van der Waals surface area (Å²) in [6.45, 7) is 0.882. The number of aromatic nitrogens is 3. The first-order valence-electron chi connectivity index (χ1n) is 10.8. The lowest BCUT2D eigenvalue weighted by atomic mass is 10.2. The Labute approximate surface area is 215 Å². The number of ether oxygens (including phenoxy) is 1. The number of nitrogens with one attached hydrogen (secondary N) is 1. The molecule has 9 heteroatoms. The summed E-state index contributed by atoms with van der Waals surface area (Å²) < 4.78 is 8.84. The van der Waals surface area contributed by atoms with Gasteiger partial charge >= 0.3 is 0 Å². The van der Waals surface area contributed by atoms with Gasteiger partial charge < -0.3 is 10.1 Å². The van der Waals surface area contributed by atoms with Gasteiger partial charge in [-0.15, -0.1) is 5.10 Å². The van der Waals surface area contributed by atoms with Crippen LogP contribution >= 0.6 is 27.7 Å². The minimum Gasteiger partial charge on any atom is -0.487 e. The van der Waals surface area contributed by atoms with Gasteiger partial charge in [0.25, 0.3) is 5.91 Å². The molecule has 4 aromatic rings. The van der Waals surface area contributed by atoms with Crippen molar-refractivity contribution < 1.29 is 9.53 Å². The molecule has 0 bridgehead atoms. The van der Waals surface area contributed by atoms with Gasteiger partial charge in [0.05, 0.1) is 23.3 Å². The van der Waals surface area contributed by atoms with Crippen molar-refractivity contribution in [3.05, 3.63) is 111 Å². The van der Waals surface area contributed by atoms with Crippen LogP contribution in [-0.2, 0) is 17.9 Å². The number of nitrogens with zero attached hydrogens (tertiary/aromatic N) is 4. The van der Waals surface area contributed by atoms with Crippen LogP contribution < -0.4 is 10.1 Å². The van der Waals surface area contributed by atoms with Gasteiger partial charge in [0, 0.05) is 10.0 Å². The summed E-state index contributed by atoms with van der Waals surface area (Å²) in [5.74, 6) is 0.471. The van der Waals surface area contributed by atoms with Gasteiger partial charge in [-0.05, 0) is 53.7 Å². The Morgan fingerprint density at radius 3 is 2.74 bits per heavy atom. The Bertz CT molecular complexity index is 1420. The Kier molecular flexibility index (Phi) is 7.06. The lowest BCUT2D eigenvalue weighted by Crippen LogP contribution is -2.19. The molecule has 1 fully saturated rings. The molecule has 0 unspecified atom stereocenters. The maximum atomic E-state index is 12.5. The van der Waals surface area contributed by atoms with Crippen LogP contribution in [0.5, 0.6) is 5.75 Å². The minimum absolute atomic E-state index is 0.185. The third kappa shape index (κ3) is 6.06. The third-order valence-electron chi connectivity index (χ3n) is 5.04. The third-order valence-corrected chi connectivity index (χ3v) is 6.44. The first kappa shape index (κ1) is 23.1. The number of hydrogen-bond donors (Lipinski definition) is 1. The molecule has 1 aliphatic heterocycles. The van der Waals surface area contributed by atoms with E-state index < -0.39 is 0 Å². The molecular weight excluding hydrogens is 526 g/mol. The maximum absolute atomic E-state index is 12.5. The zero-order valence-corrected chi connectivity index (χ0v) is 20.9. The highest BCUT2D eigenvalue weighted by Crippen LogP contribution is 2.30. The van der Waals surface area contributed by atoms with Gasteiger partial charge in [-0.25, -0.2) is 9.67 Å². The predicted octanol–water partition coefficient (Wildman–Crippen LogP) is 5.56. The monoisotopic (exact) mass is 545 g/mol. The second-order valence-electron chi connectivity index (χ2n) is 7.68. The molecule has 0 saturated carbocycles. The molecule has 5 rings (SSSR count). The van der Waals surface area contributed by atoms with E-state index in [0.29, 0.717) is 28.1 Å². The number of para-hydroxylation sites is 2. The molecule has 1 aliphatic rings. The van der Waals surface area contributed by atoms with E-state index in [2.05, 4.69) is 42.6 Å². The largest absolute Gasteiger partial charge is 0.487 e. The van der Waals surface area contributed by atoms with Crippen LogP contribution in [0.15, 0.2) is 99.4 Å². The molecule has 35 heavy (non-hydrogen) atoms. The van der Waals surface area contributed by atoms with Gasteiger partial charge in [0.1, 0.15) is 18.1 Å². The lowest BCUT2D eigenvalue weighted by molar-refractivity contribution is -0.115. The highest BCUT2D eigenvalue weighted by Gasteiger charge is 2.24. The molecule has 1 N–H and O–H groups in total. The molecule has 1 aromatic heterocycles. The SMILES string of the molecule is O=C1NC(=Nc2ccccc2)S/C1=C\c1ccccc1OCc1cn(Cc2cccc(Br)c2)nn1. The number of hydrogen-bond acceptors (Lipinski definition) is 6. The molecule has 3 aromatic carbocycles. The molecule has 7 nitrogen and oxygen atoms in total. The van der Waals surface area contributed by atoms with Crippen molar-refractivity contribution in [2.24, 2.45) is 4.99 Å². The van der Waals surface area contributed by atoms with Gasteiger partial charge in [0.15, 0.2) is 5.17 Å². The standard InChI is InChI=1S/C26H20BrN5O2S/c27-20-9-6-7-18(13-20)15-32-16-22(30-31-32)17-34-23-12-5-4-8-19(23)14-24-25(33)29-26(35-24)28-21-10-2-1-3-11-21/h1-14,16H,15,17H2,(H,28,29,33)/b24-14-. The van der Waals surface area contributed by atoms with Crippen LogP contribution in [0, 0.1) is 0 Å². The van der Waals surface area contributed by atoms with Crippen LogP contribution in [0.25, 0.3) is 6.08 Å². The Hall–Kier alpha value is -3.69. The summed E-state index contributed by atoms with van der Waals surface area (Å²) >= 11 is 4.79. The van der Waals surface area contributed by atoms with Gasteiger partial charge in [-0.2, -0.15) is 0 Å². The molecule has 0 atom stereocenters. The van der Waals surface area contributed by atoms with E-state index in [1.54, 1.807) is 4.68 Å². The summed E-state index contributed by atoms with van der Waals surface area (Å²) in [5.41, 5.74) is 3.42. The van der Waals surface area contributed by atoms with Gasteiger partial charge in [-0.3, -0.25) is 4.79 Å². The van der Waals surface area contributed by atoms with E-state index >= 15 is 0 Å². The fraction of sp³-hybridized carbons (Fsp3) is 0.0769. The molecule has 0 spiro atoms. The molecule has 1 amide bonds. The first-order chi connectivity index (χ1) is 17.1. The number of aliphatic imine (C=N–C) groups is 1. The second kappa shape index (κ2) is 10.7. The number of halogens is 1. The highest BCUT2D eigenvalue weighted by atomic mass is 79.9. The number of benzene rings is 3. The van der Waals surface area contributed by atoms with E-state index in [9.17, 15) is 4.79 Å². The molecule has 0 radical (unpaired) electrons. The quantitative estimate of drug-likeness (QED) is 0.307. The number of rotatable bonds is 7. The average Bonchev–Trinajstić information content (AvgIpc) is 3.45. The molecule has 2 heterocycles. The summed E-state index contributed by atoms with van der Waals surface area (Å²) in [6.07, 6.45) is 3.68. The zero-order valence-electron chi connectivity index (χ0n) is 18.5. The van der Waals surface area contributed by atoms with Crippen molar-refractivity contribution in [2.45, 2.75) is 13.2 Å². The normalized spacial score (nSPS) is 15.5. The van der Waals surface area contributed by atoms with Crippen LogP contribution in [-0.4, -0.2) is 26.1 Å². The fourth-order valence-electron chi connectivity index (χ4n) is 3.43. The fourth-order valence-corrected chi connectivity index (χ4v) is 4.71. The molecular formula is C26H20BrN5O2S. The first-order valence-corrected chi connectivity index (χ1v) is 12.4. The molecule has 0 aliphatic carbocycles. The summed E-state index contributed by atoms with van der Waals surface area (Å²) in [7, 11) is 0. The average molecular weight is 546 g/mol. The van der Waals surface area contributed by atoms with Crippen LogP contribution in [0.3, 0.4) is 0 Å². The van der Waals surface area contributed by atoms with Gasteiger partial charge in [0.2, 0.25) is 0 Å². The van der Waals surface area contributed by atoms with Crippen molar-refractivity contribution in [3.63, 3.8) is 0 Å². The Morgan fingerprint density at radius 1 is 1.06 bits per heavy atom. The highest BCUT2D eigenvalue weighted by molar-refractivity contribution is 9.10. The molecule has 174 valence electrons. The van der Waals surface area contributed by atoms with Crippen molar-refractivity contribution in [3.8, 4) is 5.75 Å². The predicted molar refractivity (Wildman–Crippen MR) is 141 cm³/mol. The van der Waals surface area contributed by atoms with Crippen molar-refractivity contribution in [2.75, 3.05) is 0 Å². The molecule has 1 saturated heterocycles. The number of carbonyl (C=O) groups excluding carboxylic acids is 1. The number of carbonyl (C=O) groups is 1. The second-order valence-corrected chi connectivity index (χ2v) is 9.63. The number of thioether (sulfide) groups is 1. The Morgan fingerprint density at radius 2 is 1.89 bits per heavy atom. The summed E-state index contributed by atoms with van der Waals surface area (Å²) in [4.78, 5) is 17.5. The van der Waals surface area contributed by atoms with Crippen molar-refractivity contribution in [1.29, 1.82) is 0 Å². The number of amides is 1. The number of amidine groups is 1. The van der Waals surface area contributed by atoms with Gasteiger partial charge in [-0.1, -0.05) is 69.7 Å². The van der Waals surface area contributed by atoms with Crippen molar-refractivity contribution in [1.82, 2.24) is 20.3 Å².